The van der Waals surface area contributed by atoms with Gasteiger partial charge in [0.2, 0.25) is 0 Å². The Kier molecular flexibility index (Phi) is 4.47. The number of amides is 1. The molecule has 0 bridgehead atoms. The van der Waals surface area contributed by atoms with Crippen molar-refractivity contribution >= 4 is 23.1 Å². The van der Waals surface area contributed by atoms with Crippen molar-refractivity contribution in [1.29, 1.82) is 0 Å². The lowest BCUT2D eigenvalue weighted by Gasteiger charge is -2.18. The third kappa shape index (κ3) is 3.55. The van der Waals surface area contributed by atoms with Crippen LogP contribution in [0.4, 0.5) is 17.2 Å². The molecule has 1 amide bonds. The maximum Gasteiger partial charge on any atom is 0.256 e. The van der Waals surface area contributed by atoms with Gasteiger partial charge in [-0.1, -0.05) is 17.7 Å². The number of anilines is 3. The molecule has 3 aromatic rings. The molecule has 1 N–H and O–H groups in total. The average molecular weight is 319 g/mol. The molecule has 0 saturated carbocycles. The minimum atomic E-state index is -0.214. The van der Waals surface area contributed by atoms with E-state index in [2.05, 4.69) is 20.5 Å². The normalized spacial score (nSPS) is 10.2. The summed E-state index contributed by atoms with van der Waals surface area (Å²) in [5, 5.41) is 10.7. The fraction of sp³-hybridized carbons (Fsp3) is 0.111. The van der Waals surface area contributed by atoms with Crippen molar-refractivity contribution < 1.29 is 4.79 Å². The minimum absolute atomic E-state index is 0.214. The molecule has 24 heavy (non-hydrogen) atoms. The summed E-state index contributed by atoms with van der Waals surface area (Å²) >= 11 is 0. The van der Waals surface area contributed by atoms with Gasteiger partial charge in [-0.3, -0.25) is 9.78 Å². The molecular formula is C18H17N5O. The van der Waals surface area contributed by atoms with Crippen LogP contribution < -0.4 is 10.2 Å². The van der Waals surface area contributed by atoms with E-state index < -0.39 is 0 Å². The number of benzene rings is 1. The van der Waals surface area contributed by atoms with Crippen LogP contribution in [0.15, 0.2) is 61.1 Å². The van der Waals surface area contributed by atoms with Gasteiger partial charge in [0, 0.05) is 24.9 Å². The molecule has 6 heteroatoms. The van der Waals surface area contributed by atoms with Crippen LogP contribution in [0, 0.1) is 6.92 Å². The Morgan fingerprint density at radius 3 is 2.71 bits per heavy atom. The molecule has 0 spiro atoms. The third-order valence-electron chi connectivity index (χ3n) is 3.58. The van der Waals surface area contributed by atoms with E-state index in [4.69, 9.17) is 0 Å². The topological polar surface area (TPSA) is 71.0 Å². The Balaban J connectivity index is 1.79. The molecule has 2 heterocycles. The lowest BCUT2D eigenvalue weighted by molar-refractivity contribution is 0.102. The number of carbonyl (C=O) groups is 1. The van der Waals surface area contributed by atoms with Gasteiger partial charge in [0.1, 0.15) is 0 Å². The van der Waals surface area contributed by atoms with Crippen molar-refractivity contribution in [1.82, 2.24) is 15.2 Å². The Labute approximate surface area is 140 Å². The minimum Gasteiger partial charge on any atom is -0.342 e. The molecule has 0 aliphatic heterocycles. The van der Waals surface area contributed by atoms with Crippen LogP contribution in [0.5, 0.6) is 0 Å². The van der Waals surface area contributed by atoms with Crippen molar-refractivity contribution in [3.8, 4) is 0 Å². The van der Waals surface area contributed by atoms with Gasteiger partial charge in [0.15, 0.2) is 5.82 Å². The summed E-state index contributed by atoms with van der Waals surface area (Å²) in [6, 6.07) is 13.0. The van der Waals surface area contributed by atoms with Crippen molar-refractivity contribution in [3.63, 3.8) is 0 Å². The van der Waals surface area contributed by atoms with Gasteiger partial charge in [-0.05, 0) is 31.2 Å². The maximum atomic E-state index is 12.3. The second-order valence-electron chi connectivity index (χ2n) is 5.39. The van der Waals surface area contributed by atoms with E-state index in [9.17, 15) is 4.79 Å². The van der Waals surface area contributed by atoms with Crippen molar-refractivity contribution in [2.24, 2.45) is 0 Å². The van der Waals surface area contributed by atoms with Gasteiger partial charge in [-0.2, -0.15) is 5.10 Å². The number of aryl methyl sites for hydroxylation is 1. The van der Waals surface area contributed by atoms with Gasteiger partial charge in [-0.15, -0.1) is 5.10 Å². The first-order valence-corrected chi connectivity index (χ1v) is 7.48. The predicted molar refractivity (Wildman–Crippen MR) is 93.5 cm³/mol. The molecule has 120 valence electrons. The van der Waals surface area contributed by atoms with Gasteiger partial charge in [0.25, 0.3) is 5.91 Å². The third-order valence-corrected chi connectivity index (χ3v) is 3.58. The summed E-state index contributed by atoms with van der Waals surface area (Å²) in [5.41, 5.74) is 3.33. The van der Waals surface area contributed by atoms with Crippen LogP contribution in [0.3, 0.4) is 0 Å². The molecular weight excluding hydrogens is 302 g/mol. The summed E-state index contributed by atoms with van der Waals surface area (Å²) in [7, 11) is 1.90. The number of rotatable bonds is 4. The van der Waals surface area contributed by atoms with Gasteiger partial charge in [0.05, 0.1) is 23.8 Å². The molecule has 0 aliphatic rings. The SMILES string of the molecule is Cc1cccc(C(=O)Nc2cc(N(C)c3cccnc3)cnn2)c1. The van der Waals surface area contributed by atoms with Crippen LogP contribution in [0.1, 0.15) is 15.9 Å². The first-order chi connectivity index (χ1) is 11.6. The summed E-state index contributed by atoms with van der Waals surface area (Å²) in [4.78, 5) is 18.3. The average Bonchev–Trinajstić information content (AvgIpc) is 2.62. The molecule has 0 atom stereocenters. The number of aromatic nitrogens is 3. The van der Waals surface area contributed by atoms with Crippen LogP contribution in [0.25, 0.3) is 0 Å². The molecule has 0 unspecified atom stereocenters. The fourth-order valence-electron chi connectivity index (χ4n) is 2.28. The number of pyridine rings is 1. The standard InChI is InChI=1S/C18H17N5O/c1-13-5-3-6-14(9-13)18(24)21-17-10-16(12-20-22-17)23(2)15-7-4-8-19-11-15/h3-12H,1-2H3,(H,21,22,24). The zero-order valence-corrected chi connectivity index (χ0v) is 13.5. The van der Waals surface area contributed by atoms with E-state index in [1.807, 2.05) is 49.2 Å². The second-order valence-corrected chi connectivity index (χ2v) is 5.39. The number of hydrogen-bond donors (Lipinski definition) is 1. The monoisotopic (exact) mass is 319 g/mol. The van der Waals surface area contributed by atoms with Gasteiger partial charge < -0.3 is 10.2 Å². The lowest BCUT2D eigenvalue weighted by Crippen LogP contribution is -2.15. The summed E-state index contributed by atoms with van der Waals surface area (Å²) < 4.78 is 0. The first-order valence-electron chi connectivity index (χ1n) is 7.48. The van der Waals surface area contributed by atoms with Crippen LogP contribution >= 0.6 is 0 Å². The number of nitrogens with zero attached hydrogens (tertiary/aromatic N) is 4. The zero-order valence-electron chi connectivity index (χ0n) is 13.5. The van der Waals surface area contributed by atoms with Crippen LogP contribution in [-0.4, -0.2) is 28.1 Å². The quantitative estimate of drug-likeness (QED) is 0.799. The van der Waals surface area contributed by atoms with Crippen molar-refractivity contribution in [3.05, 3.63) is 72.2 Å². The van der Waals surface area contributed by atoms with E-state index in [0.29, 0.717) is 11.4 Å². The summed E-state index contributed by atoms with van der Waals surface area (Å²) in [6.45, 7) is 1.94. The van der Waals surface area contributed by atoms with Gasteiger partial charge >= 0.3 is 0 Å². The predicted octanol–water partition coefficient (Wildman–Crippen LogP) is 3.20. The number of hydrogen-bond acceptors (Lipinski definition) is 5. The molecule has 0 fully saturated rings. The highest BCUT2D eigenvalue weighted by Gasteiger charge is 2.10. The lowest BCUT2D eigenvalue weighted by atomic mass is 10.1. The van der Waals surface area contributed by atoms with Gasteiger partial charge in [-0.25, -0.2) is 0 Å². The highest BCUT2D eigenvalue weighted by Crippen LogP contribution is 2.23. The highest BCUT2D eigenvalue weighted by molar-refractivity contribution is 6.04. The largest absolute Gasteiger partial charge is 0.342 e. The van der Waals surface area contributed by atoms with E-state index in [1.54, 1.807) is 30.7 Å². The Hall–Kier alpha value is -3.28. The molecule has 0 saturated heterocycles. The maximum absolute atomic E-state index is 12.3. The Bertz CT molecular complexity index is 851. The second kappa shape index (κ2) is 6.87. The molecule has 6 nitrogen and oxygen atoms in total. The molecule has 2 aromatic heterocycles. The summed E-state index contributed by atoms with van der Waals surface area (Å²) in [6.07, 6.45) is 5.11. The molecule has 0 aliphatic carbocycles. The molecule has 3 rings (SSSR count). The molecule has 0 radical (unpaired) electrons. The van der Waals surface area contributed by atoms with E-state index in [-0.39, 0.29) is 5.91 Å². The Morgan fingerprint density at radius 1 is 1.08 bits per heavy atom. The van der Waals surface area contributed by atoms with E-state index in [1.165, 1.54) is 0 Å². The van der Waals surface area contributed by atoms with Crippen molar-refractivity contribution in [2.45, 2.75) is 6.92 Å². The zero-order chi connectivity index (χ0) is 16.9. The summed E-state index contributed by atoms with van der Waals surface area (Å²) in [5.74, 6) is 0.184. The number of nitrogens with one attached hydrogen (secondary N) is 1. The van der Waals surface area contributed by atoms with Crippen molar-refractivity contribution in [2.75, 3.05) is 17.3 Å². The fourth-order valence-corrected chi connectivity index (χ4v) is 2.28. The van der Waals surface area contributed by atoms with E-state index in [0.717, 1.165) is 16.9 Å². The van der Waals surface area contributed by atoms with Crippen LogP contribution in [0.2, 0.25) is 0 Å². The highest BCUT2D eigenvalue weighted by atomic mass is 16.1. The van der Waals surface area contributed by atoms with E-state index >= 15 is 0 Å². The Morgan fingerprint density at radius 2 is 1.96 bits per heavy atom. The smallest absolute Gasteiger partial charge is 0.256 e. The van der Waals surface area contributed by atoms with Crippen LogP contribution in [-0.2, 0) is 0 Å². The number of carbonyl (C=O) groups excluding carboxylic acids is 1. The first kappa shape index (κ1) is 15.6. The molecule has 1 aromatic carbocycles.